The molecule has 144 valence electrons. The molecule has 4 rings (SSSR count). The first-order valence-electron chi connectivity index (χ1n) is 9.28. The van der Waals surface area contributed by atoms with Gasteiger partial charge in [0.25, 0.3) is 0 Å². The fraction of sp³-hybridized carbons (Fsp3) is 0.286. The van der Waals surface area contributed by atoms with Crippen molar-refractivity contribution in [1.29, 1.82) is 0 Å². The van der Waals surface area contributed by atoms with Crippen molar-refractivity contribution < 1.29 is 14.0 Å². The topological polar surface area (TPSA) is 78.1 Å². The first kappa shape index (κ1) is 18.2. The van der Waals surface area contributed by atoms with Crippen LogP contribution in [0.3, 0.4) is 0 Å². The van der Waals surface area contributed by atoms with Crippen LogP contribution in [0, 0.1) is 11.7 Å². The highest BCUT2D eigenvalue weighted by atomic mass is 19.1. The number of hydrogen-bond acceptors (Lipinski definition) is 3. The summed E-state index contributed by atoms with van der Waals surface area (Å²) in [4.78, 5) is 26.5. The van der Waals surface area contributed by atoms with Crippen LogP contribution in [0.25, 0.3) is 10.9 Å². The maximum absolute atomic E-state index is 14.2. The molecular weight excluding hydrogens is 359 g/mol. The molecule has 0 bridgehead atoms. The van der Waals surface area contributed by atoms with Crippen molar-refractivity contribution in [1.82, 2.24) is 10.2 Å². The van der Waals surface area contributed by atoms with E-state index in [1.54, 1.807) is 12.1 Å². The lowest BCUT2D eigenvalue weighted by atomic mass is 10.0. The molecule has 3 aromatic rings. The molecule has 2 N–H and O–H groups in total. The van der Waals surface area contributed by atoms with E-state index in [1.165, 1.54) is 16.5 Å². The Morgan fingerprint density at radius 3 is 2.71 bits per heavy atom. The van der Waals surface area contributed by atoms with E-state index in [1.807, 2.05) is 24.3 Å². The molecule has 2 amide bonds. The minimum atomic E-state index is -0.518. The number of nitrogens with zero attached hydrogens (tertiary/aromatic N) is 2. The predicted octanol–water partition coefficient (Wildman–Crippen LogP) is 3.82. The Bertz CT molecular complexity index is 1040. The molecule has 7 heteroatoms. The maximum atomic E-state index is 14.2. The molecule has 1 aromatic heterocycles. The Morgan fingerprint density at radius 1 is 1.25 bits per heavy atom. The molecule has 1 saturated heterocycles. The number of anilines is 2. The number of rotatable bonds is 4. The van der Waals surface area contributed by atoms with Crippen molar-refractivity contribution in [2.45, 2.75) is 26.2 Å². The fourth-order valence-electron chi connectivity index (χ4n) is 3.49. The van der Waals surface area contributed by atoms with E-state index >= 15 is 0 Å². The molecule has 0 unspecified atom stereocenters. The van der Waals surface area contributed by atoms with Crippen LogP contribution in [0.2, 0.25) is 0 Å². The molecule has 1 atom stereocenters. The molecule has 0 aliphatic carbocycles. The summed E-state index contributed by atoms with van der Waals surface area (Å²) in [6, 6.07) is 12.3. The van der Waals surface area contributed by atoms with E-state index in [-0.39, 0.29) is 36.0 Å². The average Bonchev–Trinajstić information content (AvgIpc) is 3.26. The van der Waals surface area contributed by atoms with E-state index in [4.69, 9.17) is 0 Å². The number of carbonyl (C=O) groups excluding carboxylic acids is 2. The summed E-state index contributed by atoms with van der Waals surface area (Å²) < 4.78 is 14.2. The lowest BCUT2D eigenvalue weighted by Gasteiger charge is -2.15. The van der Waals surface area contributed by atoms with Gasteiger partial charge in [-0.3, -0.25) is 19.6 Å². The Hall–Kier alpha value is -3.22. The van der Waals surface area contributed by atoms with E-state index in [9.17, 15) is 14.0 Å². The third kappa shape index (κ3) is 3.24. The summed E-state index contributed by atoms with van der Waals surface area (Å²) in [5, 5.41) is 9.97. The number of halogens is 1. The van der Waals surface area contributed by atoms with Crippen LogP contribution in [-0.4, -0.2) is 28.6 Å². The van der Waals surface area contributed by atoms with Crippen molar-refractivity contribution in [3.8, 4) is 0 Å². The molecule has 2 heterocycles. The van der Waals surface area contributed by atoms with Gasteiger partial charge >= 0.3 is 0 Å². The largest absolute Gasteiger partial charge is 0.326 e. The van der Waals surface area contributed by atoms with Gasteiger partial charge in [-0.25, -0.2) is 4.39 Å². The molecule has 0 radical (unpaired) electrons. The van der Waals surface area contributed by atoms with Crippen molar-refractivity contribution in [3.63, 3.8) is 0 Å². The van der Waals surface area contributed by atoms with Crippen LogP contribution < -0.4 is 10.2 Å². The summed E-state index contributed by atoms with van der Waals surface area (Å²) in [5.74, 6) is -0.798. The van der Waals surface area contributed by atoms with Gasteiger partial charge in [-0.1, -0.05) is 32.0 Å². The number of nitrogens with one attached hydrogen (secondary N) is 2. The lowest BCUT2D eigenvalue weighted by Crippen LogP contribution is -2.28. The fourth-order valence-corrected chi connectivity index (χ4v) is 3.49. The number of hydrogen-bond donors (Lipinski definition) is 2. The third-order valence-electron chi connectivity index (χ3n) is 5.12. The van der Waals surface area contributed by atoms with Crippen LogP contribution in [0.1, 0.15) is 31.7 Å². The predicted molar refractivity (Wildman–Crippen MR) is 106 cm³/mol. The number of benzene rings is 2. The lowest BCUT2D eigenvalue weighted by molar-refractivity contribution is -0.122. The van der Waals surface area contributed by atoms with Gasteiger partial charge in [-0.05, 0) is 35.7 Å². The average molecular weight is 380 g/mol. The summed E-state index contributed by atoms with van der Waals surface area (Å²) >= 11 is 0. The van der Waals surface area contributed by atoms with Gasteiger partial charge < -0.3 is 5.32 Å². The summed E-state index contributed by atoms with van der Waals surface area (Å²) in [6.07, 6.45) is 0.0682. The molecule has 0 saturated carbocycles. The number of H-pyrrole nitrogens is 1. The number of fused-ring (bicyclic) bond motifs is 1. The SMILES string of the molecule is CC(C)c1ccc(NC(=O)[C@H]2CC(=O)N(c3n[nH]c4cccc(F)c34)C2)cc1. The third-order valence-corrected chi connectivity index (χ3v) is 5.12. The van der Waals surface area contributed by atoms with Gasteiger partial charge in [0.2, 0.25) is 11.8 Å². The second-order valence-corrected chi connectivity index (χ2v) is 7.38. The number of carbonyl (C=O) groups is 2. The highest BCUT2D eigenvalue weighted by molar-refractivity contribution is 6.07. The van der Waals surface area contributed by atoms with Crippen LogP contribution >= 0.6 is 0 Å². The second kappa shape index (κ2) is 7.07. The highest BCUT2D eigenvalue weighted by Crippen LogP contribution is 2.31. The maximum Gasteiger partial charge on any atom is 0.229 e. The zero-order chi connectivity index (χ0) is 19.8. The normalized spacial score (nSPS) is 16.9. The van der Waals surface area contributed by atoms with Gasteiger partial charge in [0, 0.05) is 18.7 Å². The quantitative estimate of drug-likeness (QED) is 0.722. The zero-order valence-corrected chi connectivity index (χ0v) is 15.7. The summed E-state index contributed by atoms with van der Waals surface area (Å²) in [6.45, 7) is 4.38. The van der Waals surface area contributed by atoms with Gasteiger partial charge in [0.1, 0.15) is 5.82 Å². The standard InChI is InChI=1S/C21H21FN4O2/c1-12(2)13-6-8-15(9-7-13)23-21(28)14-10-18(27)26(11-14)20-19-16(22)4-3-5-17(19)24-25-20/h3-9,12,14H,10-11H2,1-2H3,(H,23,28)(H,24,25)/t14-/m0/s1. The van der Waals surface area contributed by atoms with Gasteiger partial charge in [0.05, 0.1) is 16.8 Å². The number of aromatic nitrogens is 2. The summed E-state index contributed by atoms with van der Waals surface area (Å²) in [7, 11) is 0. The number of aromatic amines is 1. The molecule has 6 nitrogen and oxygen atoms in total. The minimum absolute atomic E-state index is 0.0682. The van der Waals surface area contributed by atoms with Gasteiger partial charge in [-0.15, -0.1) is 0 Å². The zero-order valence-electron chi connectivity index (χ0n) is 15.7. The Balaban J connectivity index is 1.50. The van der Waals surface area contributed by atoms with Crippen molar-refractivity contribution in [2.75, 3.05) is 16.8 Å². The Kier molecular flexibility index (Phi) is 4.58. The first-order chi connectivity index (χ1) is 13.4. The Labute approximate surface area is 161 Å². The van der Waals surface area contributed by atoms with Crippen LogP contribution in [0.5, 0.6) is 0 Å². The molecule has 1 aliphatic heterocycles. The van der Waals surface area contributed by atoms with Gasteiger partial charge in [0.15, 0.2) is 5.82 Å². The molecule has 28 heavy (non-hydrogen) atoms. The van der Waals surface area contributed by atoms with Crippen molar-refractivity contribution in [3.05, 3.63) is 53.8 Å². The van der Waals surface area contributed by atoms with Crippen molar-refractivity contribution in [2.24, 2.45) is 5.92 Å². The van der Waals surface area contributed by atoms with Crippen LogP contribution in [0.15, 0.2) is 42.5 Å². The van der Waals surface area contributed by atoms with Gasteiger partial charge in [-0.2, -0.15) is 5.10 Å². The second-order valence-electron chi connectivity index (χ2n) is 7.38. The monoisotopic (exact) mass is 380 g/mol. The highest BCUT2D eigenvalue weighted by Gasteiger charge is 2.37. The number of amides is 2. The molecular formula is C21H21FN4O2. The van der Waals surface area contributed by atoms with Crippen LogP contribution in [0.4, 0.5) is 15.9 Å². The van der Waals surface area contributed by atoms with Crippen molar-refractivity contribution >= 4 is 34.2 Å². The van der Waals surface area contributed by atoms with E-state index in [2.05, 4.69) is 29.4 Å². The van der Waals surface area contributed by atoms with Crippen LogP contribution in [-0.2, 0) is 9.59 Å². The Morgan fingerprint density at radius 2 is 2.00 bits per heavy atom. The minimum Gasteiger partial charge on any atom is -0.326 e. The molecule has 1 fully saturated rings. The van der Waals surface area contributed by atoms with E-state index < -0.39 is 11.7 Å². The van der Waals surface area contributed by atoms with E-state index in [0.717, 1.165) is 0 Å². The first-order valence-corrected chi connectivity index (χ1v) is 9.28. The van der Waals surface area contributed by atoms with E-state index in [0.29, 0.717) is 17.1 Å². The molecule has 1 aliphatic rings. The molecule has 0 spiro atoms. The molecule has 2 aromatic carbocycles. The smallest absolute Gasteiger partial charge is 0.229 e. The summed E-state index contributed by atoms with van der Waals surface area (Å²) in [5.41, 5.74) is 2.39.